The molecular formula is C23H17FN2O4. The van der Waals surface area contributed by atoms with Gasteiger partial charge in [0.1, 0.15) is 17.3 Å². The second-order valence-corrected chi connectivity index (χ2v) is 6.62. The van der Waals surface area contributed by atoms with E-state index in [1.165, 1.54) is 48.7 Å². The summed E-state index contributed by atoms with van der Waals surface area (Å²) in [6.45, 7) is 0. The van der Waals surface area contributed by atoms with E-state index in [1.54, 1.807) is 36.4 Å². The highest BCUT2D eigenvalue weighted by atomic mass is 19.1. The molecule has 0 spiro atoms. The third-order valence-electron chi connectivity index (χ3n) is 4.94. The van der Waals surface area contributed by atoms with Gasteiger partial charge in [0.25, 0.3) is 11.7 Å². The van der Waals surface area contributed by atoms with Gasteiger partial charge in [0.05, 0.1) is 18.7 Å². The Balaban J connectivity index is 1.98. The monoisotopic (exact) mass is 404 g/mol. The van der Waals surface area contributed by atoms with Gasteiger partial charge >= 0.3 is 0 Å². The Morgan fingerprint density at radius 1 is 1.03 bits per heavy atom. The lowest BCUT2D eigenvalue weighted by Gasteiger charge is -2.26. The smallest absolute Gasteiger partial charge is 0.300 e. The van der Waals surface area contributed by atoms with Crippen molar-refractivity contribution in [2.75, 3.05) is 12.0 Å². The maximum Gasteiger partial charge on any atom is 0.300 e. The van der Waals surface area contributed by atoms with E-state index in [0.717, 1.165) is 0 Å². The highest BCUT2D eigenvalue weighted by Crippen LogP contribution is 2.44. The molecule has 1 aliphatic heterocycles. The van der Waals surface area contributed by atoms with Crippen molar-refractivity contribution in [2.45, 2.75) is 6.04 Å². The fourth-order valence-electron chi connectivity index (χ4n) is 3.55. The van der Waals surface area contributed by atoms with Gasteiger partial charge in [-0.1, -0.05) is 18.2 Å². The molecule has 2 aromatic carbocycles. The van der Waals surface area contributed by atoms with E-state index in [9.17, 15) is 19.1 Å². The minimum atomic E-state index is -0.959. The number of ketones is 1. The van der Waals surface area contributed by atoms with Crippen molar-refractivity contribution in [2.24, 2.45) is 0 Å². The summed E-state index contributed by atoms with van der Waals surface area (Å²) >= 11 is 0. The molecule has 1 aromatic heterocycles. The van der Waals surface area contributed by atoms with E-state index < -0.39 is 23.5 Å². The summed E-state index contributed by atoms with van der Waals surface area (Å²) in [6.07, 6.45) is 2.95. The molecule has 6 nitrogen and oxygen atoms in total. The summed E-state index contributed by atoms with van der Waals surface area (Å²) in [5, 5.41) is 11.0. The van der Waals surface area contributed by atoms with Crippen molar-refractivity contribution in [3.8, 4) is 5.75 Å². The Hall–Kier alpha value is -4.00. The van der Waals surface area contributed by atoms with Crippen molar-refractivity contribution >= 4 is 23.1 Å². The van der Waals surface area contributed by atoms with Crippen molar-refractivity contribution < 1.29 is 23.8 Å². The lowest BCUT2D eigenvalue weighted by atomic mass is 9.94. The minimum absolute atomic E-state index is 0.0833. The predicted molar refractivity (Wildman–Crippen MR) is 108 cm³/mol. The van der Waals surface area contributed by atoms with E-state index in [4.69, 9.17) is 4.74 Å². The molecule has 0 aliphatic carbocycles. The number of aliphatic hydroxyl groups is 1. The molecule has 30 heavy (non-hydrogen) atoms. The van der Waals surface area contributed by atoms with Gasteiger partial charge in [-0.2, -0.15) is 0 Å². The molecular weight excluding hydrogens is 387 g/mol. The van der Waals surface area contributed by atoms with Crippen LogP contribution in [0.15, 0.2) is 78.6 Å². The van der Waals surface area contributed by atoms with Crippen LogP contribution < -0.4 is 9.64 Å². The van der Waals surface area contributed by atoms with E-state index in [0.29, 0.717) is 22.6 Å². The number of anilines is 1. The van der Waals surface area contributed by atoms with Crippen molar-refractivity contribution in [3.05, 3.63) is 95.6 Å². The molecule has 7 heteroatoms. The van der Waals surface area contributed by atoms with Crippen molar-refractivity contribution in [1.82, 2.24) is 4.98 Å². The largest absolute Gasteiger partial charge is 0.507 e. The van der Waals surface area contributed by atoms with Gasteiger partial charge in [0, 0.05) is 29.2 Å². The number of carbonyl (C=O) groups is 2. The second kappa shape index (κ2) is 7.79. The zero-order valence-electron chi connectivity index (χ0n) is 15.9. The predicted octanol–water partition coefficient (Wildman–Crippen LogP) is 3.86. The van der Waals surface area contributed by atoms with Crippen LogP contribution in [0.4, 0.5) is 10.1 Å². The van der Waals surface area contributed by atoms with Gasteiger partial charge in [-0.25, -0.2) is 4.39 Å². The number of hydrogen-bond acceptors (Lipinski definition) is 5. The number of amides is 1. The first-order valence-electron chi connectivity index (χ1n) is 9.13. The summed E-state index contributed by atoms with van der Waals surface area (Å²) in [7, 11) is 1.48. The number of rotatable bonds is 4. The van der Waals surface area contributed by atoms with Crippen LogP contribution in [0.3, 0.4) is 0 Å². The number of ether oxygens (including phenoxy) is 1. The molecule has 2 heterocycles. The molecule has 1 saturated heterocycles. The molecule has 1 aliphatic rings. The van der Waals surface area contributed by atoms with E-state index >= 15 is 0 Å². The maximum atomic E-state index is 13.5. The second-order valence-electron chi connectivity index (χ2n) is 6.62. The number of Topliss-reactive ketones (excluding diaryl/α,β-unsaturated/α-hetero) is 1. The molecule has 1 N–H and O–H groups in total. The first-order chi connectivity index (χ1) is 14.5. The Kier molecular flexibility index (Phi) is 5.02. The zero-order valence-corrected chi connectivity index (χ0v) is 15.9. The van der Waals surface area contributed by atoms with Crippen LogP contribution in [0.1, 0.15) is 17.2 Å². The van der Waals surface area contributed by atoms with Crippen LogP contribution >= 0.6 is 0 Å². The Labute approximate surface area is 171 Å². The number of nitrogens with zero attached hydrogens (tertiary/aromatic N) is 2. The number of aromatic nitrogens is 1. The number of carbonyl (C=O) groups excluding carboxylic acids is 2. The number of benzene rings is 2. The molecule has 0 saturated carbocycles. The van der Waals surface area contributed by atoms with Gasteiger partial charge < -0.3 is 9.84 Å². The van der Waals surface area contributed by atoms with E-state index in [1.807, 2.05) is 0 Å². The Bertz CT molecular complexity index is 1140. The molecule has 150 valence electrons. The summed E-state index contributed by atoms with van der Waals surface area (Å²) in [5.41, 5.74) is 1.10. The molecule has 0 radical (unpaired) electrons. The zero-order chi connectivity index (χ0) is 21.3. The normalized spacial score (nSPS) is 17.9. The van der Waals surface area contributed by atoms with Gasteiger partial charge in [-0.3, -0.25) is 19.5 Å². The lowest BCUT2D eigenvalue weighted by molar-refractivity contribution is -0.132. The fraction of sp³-hybridized carbons (Fsp3) is 0.0870. The molecule has 1 atom stereocenters. The first kappa shape index (κ1) is 19.3. The summed E-state index contributed by atoms with van der Waals surface area (Å²) in [5.74, 6) is -2.02. The molecule has 0 bridgehead atoms. The number of para-hydroxylation sites is 1. The Morgan fingerprint density at radius 2 is 1.70 bits per heavy atom. The molecule has 1 amide bonds. The van der Waals surface area contributed by atoms with Crippen LogP contribution in [0.5, 0.6) is 5.75 Å². The number of methoxy groups -OCH3 is 1. The highest BCUT2D eigenvalue weighted by molar-refractivity contribution is 6.51. The standard InChI is InChI=1S/C23H17FN2O4/c1-30-18-5-3-2-4-17(18)20-19(21(27)14-10-12-25-13-11-14)22(28)23(29)26(20)16-8-6-15(24)7-9-16/h2-13,20,27H,1H3/b21-19-. The number of pyridine rings is 1. The number of halogens is 1. The van der Waals surface area contributed by atoms with Crippen LogP contribution in [0.25, 0.3) is 5.76 Å². The Morgan fingerprint density at radius 3 is 2.37 bits per heavy atom. The summed E-state index contributed by atoms with van der Waals surface area (Å²) in [4.78, 5) is 31.2. The van der Waals surface area contributed by atoms with E-state index in [-0.39, 0.29) is 11.3 Å². The number of hydrogen-bond donors (Lipinski definition) is 1. The third-order valence-corrected chi connectivity index (χ3v) is 4.94. The quantitative estimate of drug-likeness (QED) is 0.406. The van der Waals surface area contributed by atoms with Gasteiger partial charge in [0.15, 0.2) is 0 Å². The van der Waals surface area contributed by atoms with Gasteiger partial charge in [-0.05, 0) is 42.5 Å². The topological polar surface area (TPSA) is 79.7 Å². The van der Waals surface area contributed by atoms with Crippen LogP contribution in [0, 0.1) is 5.82 Å². The lowest BCUT2D eigenvalue weighted by Crippen LogP contribution is -2.29. The minimum Gasteiger partial charge on any atom is -0.507 e. The average Bonchev–Trinajstić information content (AvgIpc) is 3.05. The van der Waals surface area contributed by atoms with Crippen molar-refractivity contribution in [3.63, 3.8) is 0 Å². The third kappa shape index (κ3) is 3.20. The average molecular weight is 404 g/mol. The maximum absolute atomic E-state index is 13.5. The van der Waals surface area contributed by atoms with Crippen molar-refractivity contribution in [1.29, 1.82) is 0 Å². The molecule has 1 unspecified atom stereocenters. The van der Waals surface area contributed by atoms with Crippen LogP contribution in [-0.2, 0) is 9.59 Å². The molecule has 1 fully saturated rings. The molecule has 4 rings (SSSR count). The van der Waals surface area contributed by atoms with Gasteiger partial charge in [-0.15, -0.1) is 0 Å². The summed E-state index contributed by atoms with van der Waals surface area (Å²) < 4.78 is 18.9. The fourth-order valence-corrected chi connectivity index (χ4v) is 3.55. The highest BCUT2D eigenvalue weighted by Gasteiger charge is 2.47. The van der Waals surface area contributed by atoms with Gasteiger partial charge in [0.2, 0.25) is 0 Å². The molecule has 3 aromatic rings. The van der Waals surface area contributed by atoms with Crippen LogP contribution in [-0.4, -0.2) is 28.9 Å². The number of aliphatic hydroxyl groups excluding tert-OH is 1. The first-order valence-corrected chi connectivity index (χ1v) is 9.13. The van der Waals surface area contributed by atoms with Crippen LogP contribution in [0.2, 0.25) is 0 Å². The van der Waals surface area contributed by atoms with E-state index in [2.05, 4.69) is 4.98 Å². The summed E-state index contributed by atoms with van der Waals surface area (Å²) in [6, 6.07) is 14.3. The SMILES string of the molecule is COc1ccccc1C1/C(=C(/O)c2ccncc2)C(=O)C(=O)N1c1ccc(F)cc1.